The quantitative estimate of drug-likeness (QED) is 0.543. The summed E-state index contributed by atoms with van der Waals surface area (Å²) in [7, 11) is -2.39. The van der Waals surface area contributed by atoms with Gasteiger partial charge in [-0.15, -0.1) is 0 Å². The van der Waals surface area contributed by atoms with Gasteiger partial charge in [0.25, 0.3) is 0 Å². The Hall–Kier alpha value is -1.81. The third kappa shape index (κ3) is 6.83. The molecular formula is C20H22BrCl2N3O4S. The predicted octanol–water partition coefficient (Wildman–Crippen LogP) is 3.69. The highest BCUT2D eigenvalue weighted by atomic mass is 79.9. The predicted molar refractivity (Wildman–Crippen MR) is 127 cm³/mol. The van der Waals surface area contributed by atoms with Crippen molar-refractivity contribution < 1.29 is 18.0 Å². The lowest BCUT2D eigenvalue weighted by Gasteiger charge is -2.31. The molecule has 1 unspecified atom stereocenters. The van der Waals surface area contributed by atoms with Crippen molar-refractivity contribution in [2.45, 2.75) is 19.5 Å². The van der Waals surface area contributed by atoms with Crippen LogP contribution < -0.4 is 9.62 Å². The fraction of sp³-hybridized carbons (Fsp3) is 0.300. The van der Waals surface area contributed by atoms with Crippen LogP contribution in [-0.4, -0.2) is 51.0 Å². The fourth-order valence-electron chi connectivity index (χ4n) is 2.90. The second kappa shape index (κ2) is 10.7. The first-order valence-electron chi connectivity index (χ1n) is 9.12. The summed E-state index contributed by atoms with van der Waals surface area (Å²) < 4.78 is 26.7. The van der Waals surface area contributed by atoms with Crippen LogP contribution >= 0.6 is 39.1 Å². The van der Waals surface area contributed by atoms with E-state index in [1.807, 2.05) is 24.3 Å². The lowest BCUT2D eigenvalue weighted by Crippen LogP contribution is -2.50. The van der Waals surface area contributed by atoms with Crippen LogP contribution in [0.25, 0.3) is 0 Å². The Morgan fingerprint density at radius 3 is 2.39 bits per heavy atom. The van der Waals surface area contributed by atoms with Gasteiger partial charge in [0, 0.05) is 23.1 Å². The van der Waals surface area contributed by atoms with Crippen molar-refractivity contribution in [1.29, 1.82) is 0 Å². The molecule has 2 aromatic rings. The van der Waals surface area contributed by atoms with Crippen molar-refractivity contribution in [3.8, 4) is 0 Å². The number of carbonyl (C=O) groups excluding carboxylic acids is 2. The van der Waals surface area contributed by atoms with Crippen LogP contribution in [-0.2, 0) is 26.2 Å². The zero-order chi connectivity index (χ0) is 23.3. The van der Waals surface area contributed by atoms with Crippen molar-refractivity contribution in [2.24, 2.45) is 0 Å². The maximum atomic E-state index is 13.3. The van der Waals surface area contributed by atoms with E-state index in [0.29, 0.717) is 5.02 Å². The number of nitrogens with one attached hydrogen (secondary N) is 1. The van der Waals surface area contributed by atoms with Gasteiger partial charge in [-0.1, -0.05) is 51.3 Å². The number of hydrogen-bond acceptors (Lipinski definition) is 4. The summed E-state index contributed by atoms with van der Waals surface area (Å²) in [5, 5.41) is 2.94. The Morgan fingerprint density at radius 1 is 1.16 bits per heavy atom. The molecule has 0 heterocycles. The molecule has 2 aromatic carbocycles. The summed E-state index contributed by atoms with van der Waals surface area (Å²) in [6.45, 7) is 1.16. The second-order valence-electron chi connectivity index (χ2n) is 6.81. The van der Waals surface area contributed by atoms with Gasteiger partial charge in [-0.25, -0.2) is 8.42 Å². The number of sulfonamides is 1. The minimum atomic E-state index is -3.86. The lowest BCUT2D eigenvalue weighted by atomic mass is 10.1. The summed E-state index contributed by atoms with van der Waals surface area (Å²) in [5.74, 6) is -0.939. The minimum absolute atomic E-state index is 0.0867. The molecule has 0 aliphatic rings. The van der Waals surface area contributed by atoms with E-state index in [-0.39, 0.29) is 23.2 Å². The number of nitrogens with zero attached hydrogens (tertiary/aromatic N) is 2. The lowest BCUT2D eigenvalue weighted by molar-refractivity contribution is -0.139. The SMILES string of the molecule is CNC(=O)C(C)N(Cc1cccc(Br)c1)C(=O)CN(c1ccc(Cl)cc1Cl)S(C)(=O)=O. The van der Waals surface area contributed by atoms with Crippen molar-refractivity contribution in [2.75, 3.05) is 24.2 Å². The minimum Gasteiger partial charge on any atom is -0.357 e. The summed E-state index contributed by atoms with van der Waals surface area (Å²) >= 11 is 15.5. The van der Waals surface area contributed by atoms with E-state index in [9.17, 15) is 18.0 Å². The molecule has 168 valence electrons. The van der Waals surface area contributed by atoms with E-state index < -0.39 is 28.5 Å². The third-order valence-corrected chi connectivity index (χ3v) is 6.67. The first-order chi connectivity index (χ1) is 14.4. The molecule has 2 amide bonds. The summed E-state index contributed by atoms with van der Waals surface area (Å²) in [6.07, 6.45) is 0.978. The van der Waals surface area contributed by atoms with E-state index in [1.54, 1.807) is 6.92 Å². The molecule has 0 aromatic heterocycles. The van der Waals surface area contributed by atoms with E-state index in [2.05, 4.69) is 21.2 Å². The van der Waals surface area contributed by atoms with Crippen LogP contribution in [0.4, 0.5) is 5.69 Å². The van der Waals surface area contributed by atoms with E-state index in [1.165, 1.54) is 30.1 Å². The van der Waals surface area contributed by atoms with Gasteiger partial charge < -0.3 is 10.2 Å². The molecule has 1 atom stereocenters. The Morgan fingerprint density at radius 2 is 1.84 bits per heavy atom. The van der Waals surface area contributed by atoms with Crippen LogP contribution in [0.3, 0.4) is 0 Å². The topological polar surface area (TPSA) is 86.8 Å². The number of carbonyl (C=O) groups is 2. The first kappa shape index (κ1) is 25.5. The Bertz CT molecular complexity index is 1080. The normalized spacial score (nSPS) is 12.2. The van der Waals surface area contributed by atoms with Gasteiger partial charge in [0.15, 0.2) is 0 Å². The molecular weight excluding hydrogens is 529 g/mol. The van der Waals surface area contributed by atoms with Crippen LogP contribution in [0, 0.1) is 0 Å². The zero-order valence-electron chi connectivity index (χ0n) is 17.1. The number of anilines is 1. The van der Waals surface area contributed by atoms with Gasteiger partial charge in [0.1, 0.15) is 12.6 Å². The van der Waals surface area contributed by atoms with Gasteiger partial charge in [-0.3, -0.25) is 13.9 Å². The smallest absolute Gasteiger partial charge is 0.244 e. The van der Waals surface area contributed by atoms with Gasteiger partial charge >= 0.3 is 0 Å². The van der Waals surface area contributed by atoms with E-state index >= 15 is 0 Å². The molecule has 2 rings (SSSR count). The van der Waals surface area contributed by atoms with Crippen LogP contribution in [0.15, 0.2) is 46.9 Å². The van der Waals surface area contributed by atoms with E-state index in [0.717, 1.165) is 20.6 Å². The van der Waals surface area contributed by atoms with Crippen LogP contribution in [0.1, 0.15) is 12.5 Å². The summed E-state index contributed by atoms with van der Waals surface area (Å²) in [4.78, 5) is 26.9. The van der Waals surface area contributed by atoms with Crippen molar-refractivity contribution >= 4 is 66.7 Å². The number of amides is 2. The molecule has 1 N–H and O–H groups in total. The maximum absolute atomic E-state index is 13.3. The molecule has 11 heteroatoms. The fourth-order valence-corrected chi connectivity index (χ4v) is 4.77. The maximum Gasteiger partial charge on any atom is 0.244 e. The van der Waals surface area contributed by atoms with Crippen LogP contribution in [0.2, 0.25) is 10.0 Å². The van der Waals surface area contributed by atoms with Gasteiger partial charge in [-0.2, -0.15) is 0 Å². The molecule has 0 saturated carbocycles. The summed E-state index contributed by atoms with van der Waals surface area (Å²) in [6, 6.07) is 10.8. The highest BCUT2D eigenvalue weighted by Gasteiger charge is 2.30. The Kier molecular flexibility index (Phi) is 8.76. The molecule has 0 bridgehead atoms. The van der Waals surface area contributed by atoms with Crippen LogP contribution in [0.5, 0.6) is 0 Å². The monoisotopic (exact) mass is 549 g/mol. The molecule has 0 fully saturated rings. The highest BCUT2D eigenvalue weighted by Crippen LogP contribution is 2.30. The average molecular weight is 551 g/mol. The van der Waals surface area contributed by atoms with E-state index in [4.69, 9.17) is 23.2 Å². The number of halogens is 3. The van der Waals surface area contributed by atoms with Gasteiger partial charge in [0.2, 0.25) is 21.8 Å². The first-order valence-corrected chi connectivity index (χ1v) is 12.5. The molecule has 7 nitrogen and oxygen atoms in total. The molecule has 0 aliphatic heterocycles. The van der Waals surface area contributed by atoms with Crippen molar-refractivity contribution in [3.05, 3.63) is 62.5 Å². The number of rotatable bonds is 8. The standard InChI is InChI=1S/C20H22BrCl2N3O4S/c1-13(20(28)24-2)25(11-14-5-4-6-15(21)9-14)19(27)12-26(31(3,29)30)18-8-7-16(22)10-17(18)23/h4-10,13H,11-12H2,1-3H3,(H,24,28). The highest BCUT2D eigenvalue weighted by molar-refractivity contribution is 9.10. The third-order valence-electron chi connectivity index (χ3n) is 4.51. The van der Waals surface area contributed by atoms with Gasteiger partial charge in [-0.05, 0) is 42.8 Å². The largest absolute Gasteiger partial charge is 0.357 e. The average Bonchev–Trinajstić information content (AvgIpc) is 2.68. The zero-order valence-corrected chi connectivity index (χ0v) is 21.0. The molecule has 31 heavy (non-hydrogen) atoms. The second-order valence-corrected chi connectivity index (χ2v) is 10.5. The van der Waals surface area contributed by atoms with Gasteiger partial charge in [0.05, 0.1) is 17.0 Å². The van der Waals surface area contributed by atoms with Crippen molar-refractivity contribution in [1.82, 2.24) is 10.2 Å². The molecule has 0 aliphatic carbocycles. The molecule has 0 spiro atoms. The number of likely N-dealkylation sites (N-methyl/N-ethyl adjacent to an activating group) is 1. The molecule has 0 radical (unpaired) electrons. The number of benzene rings is 2. The van der Waals surface area contributed by atoms with Crippen molar-refractivity contribution in [3.63, 3.8) is 0 Å². The Balaban J connectivity index is 2.42. The molecule has 0 saturated heterocycles. The Labute approximate surface area is 200 Å². The summed E-state index contributed by atoms with van der Waals surface area (Å²) in [5.41, 5.74) is 0.894. The number of hydrogen-bond donors (Lipinski definition) is 1.